The lowest BCUT2D eigenvalue weighted by atomic mass is 10.1. The number of aliphatic hydroxyl groups excluding tert-OH is 1. The van der Waals surface area contributed by atoms with Gasteiger partial charge in [-0.1, -0.05) is 6.42 Å². The van der Waals surface area contributed by atoms with Crippen molar-refractivity contribution in [1.29, 1.82) is 0 Å². The van der Waals surface area contributed by atoms with Gasteiger partial charge >= 0.3 is 0 Å². The molecular weight excluding hydrogens is 152 g/mol. The summed E-state index contributed by atoms with van der Waals surface area (Å²) in [6.45, 7) is 0.0752. The van der Waals surface area contributed by atoms with Gasteiger partial charge in [-0.25, -0.2) is 0 Å². The van der Waals surface area contributed by atoms with Crippen LogP contribution < -0.4 is 0 Å². The topological polar surface area (TPSA) is 48.9 Å². The van der Waals surface area contributed by atoms with Crippen molar-refractivity contribution < 1.29 is 5.11 Å². The molecule has 0 aromatic carbocycles. The molecular formula is C9H14N2O. The van der Waals surface area contributed by atoms with Gasteiger partial charge in [0, 0.05) is 5.69 Å². The van der Waals surface area contributed by atoms with Crippen molar-refractivity contribution in [2.45, 2.75) is 38.7 Å². The summed E-state index contributed by atoms with van der Waals surface area (Å²) in [5.41, 5.74) is 3.37. The predicted molar refractivity (Wildman–Crippen MR) is 45.8 cm³/mol. The molecule has 1 aromatic rings. The first-order valence-corrected chi connectivity index (χ1v) is 4.57. The Morgan fingerprint density at radius 1 is 1.25 bits per heavy atom. The molecule has 66 valence electrons. The molecule has 12 heavy (non-hydrogen) atoms. The Morgan fingerprint density at radius 3 is 2.92 bits per heavy atom. The maximum absolute atomic E-state index is 8.99. The molecule has 0 aliphatic heterocycles. The fourth-order valence-corrected chi connectivity index (χ4v) is 1.86. The van der Waals surface area contributed by atoms with E-state index in [0.717, 1.165) is 18.5 Å². The Morgan fingerprint density at radius 2 is 2.08 bits per heavy atom. The van der Waals surface area contributed by atoms with Crippen LogP contribution in [0.2, 0.25) is 0 Å². The van der Waals surface area contributed by atoms with Gasteiger partial charge in [0.1, 0.15) is 0 Å². The average molecular weight is 166 g/mol. The molecule has 0 radical (unpaired) electrons. The third-order valence-corrected chi connectivity index (χ3v) is 2.54. The first-order valence-electron chi connectivity index (χ1n) is 4.57. The second-order valence-electron chi connectivity index (χ2n) is 3.35. The summed E-state index contributed by atoms with van der Waals surface area (Å²) in [5.74, 6) is 0. The van der Waals surface area contributed by atoms with Gasteiger partial charge < -0.3 is 5.11 Å². The van der Waals surface area contributed by atoms with Crippen LogP contribution in [0.25, 0.3) is 0 Å². The van der Waals surface area contributed by atoms with E-state index in [9.17, 15) is 0 Å². The Kier molecular flexibility index (Phi) is 2.13. The summed E-state index contributed by atoms with van der Waals surface area (Å²) >= 11 is 0. The van der Waals surface area contributed by atoms with Crippen molar-refractivity contribution >= 4 is 0 Å². The molecule has 0 amide bonds. The minimum absolute atomic E-state index is 0.0752. The highest BCUT2D eigenvalue weighted by Gasteiger charge is 2.14. The number of rotatable bonds is 1. The van der Waals surface area contributed by atoms with Gasteiger partial charge in [-0.15, -0.1) is 0 Å². The van der Waals surface area contributed by atoms with Gasteiger partial charge in [0.15, 0.2) is 0 Å². The minimum atomic E-state index is 0.0752. The number of nitrogens with one attached hydrogen (secondary N) is 1. The smallest absolute Gasteiger partial charge is 0.0911 e. The number of hydrogen-bond donors (Lipinski definition) is 2. The SMILES string of the molecule is OCc1n[nH]c2c1CCCCC2. The van der Waals surface area contributed by atoms with Crippen molar-refractivity contribution in [2.75, 3.05) is 0 Å². The van der Waals surface area contributed by atoms with Crippen molar-refractivity contribution in [3.63, 3.8) is 0 Å². The van der Waals surface area contributed by atoms with E-state index in [1.165, 1.54) is 30.5 Å². The zero-order valence-corrected chi connectivity index (χ0v) is 7.14. The minimum Gasteiger partial charge on any atom is -0.390 e. The number of nitrogens with zero attached hydrogens (tertiary/aromatic N) is 1. The standard InChI is InChI=1S/C9H14N2O/c12-6-9-7-4-2-1-3-5-8(7)10-11-9/h12H,1-6H2,(H,10,11). The van der Waals surface area contributed by atoms with E-state index in [0.29, 0.717) is 0 Å². The Bertz CT molecular complexity index is 267. The van der Waals surface area contributed by atoms with Gasteiger partial charge in [-0.2, -0.15) is 5.10 Å². The van der Waals surface area contributed by atoms with Crippen LogP contribution in [-0.2, 0) is 19.4 Å². The van der Waals surface area contributed by atoms with Gasteiger partial charge in [0.2, 0.25) is 0 Å². The maximum Gasteiger partial charge on any atom is 0.0911 e. The van der Waals surface area contributed by atoms with Gasteiger partial charge in [-0.3, -0.25) is 5.10 Å². The van der Waals surface area contributed by atoms with Crippen LogP contribution in [0.1, 0.15) is 36.2 Å². The van der Waals surface area contributed by atoms with E-state index in [-0.39, 0.29) is 6.61 Å². The molecule has 0 fully saturated rings. The van der Waals surface area contributed by atoms with Crippen molar-refractivity contribution in [3.8, 4) is 0 Å². The van der Waals surface area contributed by atoms with Gasteiger partial charge in [0.05, 0.1) is 12.3 Å². The van der Waals surface area contributed by atoms with E-state index in [2.05, 4.69) is 10.2 Å². The van der Waals surface area contributed by atoms with Crippen LogP contribution in [0.5, 0.6) is 0 Å². The van der Waals surface area contributed by atoms with Crippen LogP contribution in [0.4, 0.5) is 0 Å². The van der Waals surface area contributed by atoms with E-state index in [1.54, 1.807) is 0 Å². The maximum atomic E-state index is 8.99. The highest BCUT2D eigenvalue weighted by atomic mass is 16.3. The first-order chi connectivity index (χ1) is 5.92. The number of H-pyrrole nitrogens is 1. The van der Waals surface area contributed by atoms with Crippen LogP contribution in [0.3, 0.4) is 0 Å². The highest BCUT2D eigenvalue weighted by molar-refractivity contribution is 5.26. The van der Waals surface area contributed by atoms with E-state index < -0.39 is 0 Å². The molecule has 2 N–H and O–H groups in total. The molecule has 0 spiro atoms. The van der Waals surface area contributed by atoms with E-state index in [1.807, 2.05) is 0 Å². The molecule has 3 nitrogen and oxygen atoms in total. The molecule has 1 aliphatic rings. The number of fused-ring (bicyclic) bond motifs is 1. The summed E-state index contributed by atoms with van der Waals surface area (Å²) in [6, 6.07) is 0. The number of aryl methyl sites for hydroxylation is 1. The molecule has 1 aliphatic carbocycles. The van der Waals surface area contributed by atoms with Crippen molar-refractivity contribution in [2.24, 2.45) is 0 Å². The number of aromatic amines is 1. The molecule has 2 rings (SSSR count). The molecule has 0 atom stereocenters. The fraction of sp³-hybridized carbons (Fsp3) is 0.667. The van der Waals surface area contributed by atoms with Gasteiger partial charge in [-0.05, 0) is 31.2 Å². The zero-order chi connectivity index (χ0) is 8.39. The predicted octanol–water partition coefficient (Wildman–Crippen LogP) is 1.17. The second-order valence-corrected chi connectivity index (χ2v) is 3.35. The third kappa shape index (κ3) is 1.25. The monoisotopic (exact) mass is 166 g/mol. The quantitative estimate of drug-likeness (QED) is 0.615. The van der Waals surface area contributed by atoms with E-state index >= 15 is 0 Å². The number of hydrogen-bond acceptors (Lipinski definition) is 2. The average Bonchev–Trinajstić information content (AvgIpc) is 2.33. The lowest BCUT2D eigenvalue weighted by Crippen LogP contribution is -1.92. The normalized spacial score (nSPS) is 17.1. The van der Waals surface area contributed by atoms with Gasteiger partial charge in [0.25, 0.3) is 0 Å². The summed E-state index contributed by atoms with van der Waals surface area (Å²) in [7, 11) is 0. The summed E-state index contributed by atoms with van der Waals surface area (Å²) < 4.78 is 0. The lowest BCUT2D eigenvalue weighted by molar-refractivity contribution is 0.275. The van der Waals surface area contributed by atoms with Crippen molar-refractivity contribution in [1.82, 2.24) is 10.2 Å². The first kappa shape index (κ1) is 7.80. The summed E-state index contributed by atoms with van der Waals surface area (Å²) in [4.78, 5) is 0. The third-order valence-electron chi connectivity index (χ3n) is 2.54. The molecule has 0 saturated heterocycles. The molecule has 0 unspecified atom stereocenters. The Labute approximate surface area is 71.8 Å². The largest absolute Gasteiger partial charge is 0.390 e. The van der Waals surface area contributed by atoms with Crippen LogP contribution in [0, 0.1) is 0 Å². The Hall–Kier alpha value is -0.830. The number of aromatic nitrogens is 2. The molecule has 1 aromatic heterocycles. The molecule has 0 bridgehead atoms. The van der Waals surface area contributed by atoms with Crippen LogP contribution >= 0.6 is 0 Å². The summed E-state index contributed by atoms with van der Waals surface area (Å²) in [5, 5.41) is 16.1. The van der Waals surface area contributed by atoms with Crippen LogP contribution in [-0.4, -0.2) is 15.3 Å². The fourth-order valence-electron chi connectivity index (χ4n) is 1.86. The molecule has 1 heterocycles. The Balaban J connectivity index is 2.32. The zero-order valence-electron chi connectivity index (χ0n) is 7.14. The molecule has 0 saturated carbocycles. The van der Waals surface area contributed by atoms with Crippen molar-refractivity contribution in [3.05, 3.63) is 17.0 Å². The molecule has 3 heteroatoms. The van der Waals surface area contributed by atoms with Crippen LogP contribution in [0.15, 0.2) is 0 Å². The second kappa shape index (κ2) is 3.27. The highest BCUT2D eigenvalue weighted by Crippen LogP contribution is 2.21. The summed E-state index contributed by atoms with van der Waals surface area (Å²) in [6.07, 6.45) is 5.97. The van der Waals surface area contributed by atoms with E-state index in [4.69, 9.17) is 5.11 Å². The number of aliphatic hydroxyl groups is 1. The lowest BCUT2D eigenvalue weighted by Gasteiger charge is -1.97.